The van der Waals surface area contributed by atoms with Gasteiger partial charge in [-0.25, -0.2) is 4.57 Å². The molecule has 0 fully saturated rings. The number of hydrogen-bond acceptors (Lipinski definition) is 7. The first-order chi connectivity index (χ1) is 14.9. The highest BCUT2D eigenvalue weighted by Gasteiger charge is 2.39. The fourth-order valence-electron chi connectivity index (χ4n) is 2.95. The molecule has 0 aliphatic carbocycles. The number of aliphatic hydroxyl groups excluding tert-OH is 1. The number of para-hydroxylation sites is 2. The van der Waals surface area contributed by atoms with Crippen molar-refractivity contribution in [1.29, 1.82) is 0 Å². The Labute approximate surface area is 190 Å². The lowest BCUT2D eigenvalue weighted by atomic mass is 10.1. The number of quaternary nitrogens is 1. The van der Waals surface area contributed by atoms with Crippen molar-refractivity contribution in [3.8, 4) is 5.75 Å². The number of aliphatic carboxylic acids is 1. The third-order valence-electron chi connectivity index (χ3n) is 4.74. The van der Waals surface area contributed by atoms with Crippen LogP contribution < -0.4 is 10.5 Å². The minimum Gasteiger partial charge on any atom is -0.491 e. The van der Waals surface area contributed by atoms with Gasteiger partial charge in [-0.15, -0.1) is 0 Å². The van der Waals surface area contributed by atoms with E-state index in [0.717, 1.165) is 32.1 Å². The lowest BCUT2D eigenvalue weighted by Crippen LogP contribution is -2.52. The molecule has 184 valence electrons. The molecule has 1 aromatic carbocycles. The molecule has 0 saturated carbocycles. The Kier molecular flexibility index (Phi) is 12.2. The number of carbonyl (C=O) groups is 1. The molecule has 0 amide bonds. The molecule has 1 rings (SSSR count). The normalized spacial score (nSPS) is 15.7. The van der Waals surface area contributed by atoms with Gasteiger partial charge in [0.25, 0.3) is 0 Å². The number of phosphoric acid groups is 1. The summed E-state index contributed by atoms with van der Waals surface area (Å²) in [6, 6.07) is 7.37. The Balaban J connectivity index is 2.20. The highest BCUT2D eigenvalue weighted by molar-refractivity contribution is 7.47. The average Bonchev–Trinajstić information content (AvgIpc) is 2.68. The smallest absolute Gasteiger partial charge is 0.472 e. The van der Waals surface area contributed by atoms with Crippen LogP contribution in [0, 0.1) is 0 Å². The summed E-state index contributed by atoms with van der Waals surface area (Å²) in [5.41, 5.74) is 6.44. The number of unbranched alkanes of at least 4 members (excludes halogenated alkanes) is 5. The standard InChI is InChI=1S/C21H37N2O8P/c1-23(2,3)21(26)19(16-20(24)25)31-32(27,28)30-15-11-7-5-4-6-10-14-29-18-13-9-8-12-17(18)22/h8-9,12-13,19,21,26H,4-7,10-11,14-16,22H2,1-3H3,(H-,24,25,27,28)/p+1/t19-,21?/m1/s1. The Morgan fingerprint density at radius 3 is 2.19 bits per heavy atom. The van der Waals surface area contributed by atoms with Crippen LogP contribution in [-0.2, 0) is 18.4 Å². The predicted molar refractivity (Wildman–Crippen MR) is 121 cm³/mol. The summed E-state index contributed by atoms with van der Waals surface area (Å²) in [6.45, 7) is 0.601. The van der Waals surface area contributed by atoms with Gasteiger partial charge >= 0.3 is 13.8 Å². The van der Waals surface area contributed by atoms with E-state index >= 15 is 0 Å². The predicted octanol–water partition coefficient (Wildman–Crippen LogP) is 2.99. The van der Waals surface area contributed by atoms with Crippen molar-refractivity contribution < 1.29 is 42.7 Å². The fraction of sp³-hybridized carbons (Fsp3) is 0.667. The number of aliphatic hydroxyl groups is 1. The second kappa shape index (κ2) is 13.8. The van der Waals surface area contributed by atoms with Gasteiger partial charge in [0.1, 0.15) is 5.75 Å². The molecule has 10 nitrogen and oxygen atoms in total. The Morgan fingerprint density at radius 1 is 1.06 bits per heavy atom. The van der Waals surface area contributed by atoms with E-state index in [0.29, 0.717) is 24.5 Å². The van der Waals surface area contributed by atoms with Crippen molar-refractivity contribution in [2.45, 2.75) is 57.3 Å². The zero-order valence-corrected chi connectivity index (χ0v) is 20.1. The van der Waals surface area contributed by atoms with Crippen LogP contribution in [0.3, 0.4) is 0 Å². The molecule has 5 N–H and O–H groups in total. The minimum absolute atomic E-state index is 0.00440. The van der Waals surface area contributed by atoms with Crippen LogP contribution in [0.4, 0.5) is 5.69 Å². The van der Waals surface area contributed by atoms with Gasteiger partial charge in [-0.05, 0) is 25.0 Å². The number of phosphoric ester groups is 1. The molecule has 0 heterocycles. The summed E-state index contributed by atoms with van der Waals surface area (Å²) in [6.07, 6.45) is 1.91. The molecule has 1 aromatic rings. The Bertz CT molecular complexity index is 741. The molecule has 11 heteroatoms. The van der Waals surface area contributed by atoms with Gasteiger partial charge in [-0.2, -0.15) is 0 Å². The minimum atomic E-state index is -4.49. The van der Waals surface area contributed by atoms with Gasteiger partial charge in [0.15, 0.2) is 6.10 Å². The largest absolute Gasteiger partial charge is 0.491 e. The van der Waals surface area contributed by atoms with Crippen molar-refractivity contribution in [3.63, 3.8) is 0 Å². The molecule has 0 aliphatic rings. The topological polar surface area (TPSA) is 149 Å². The summed E-state index contributed by atoms with van der Waals surface area (Å²) < 4.78 is 27.7. The molecular weight excluding hydrogens is 439 g/mol. The first kappa shape index (κ1) is 28.4. The SMILES string of the molecule is C[N+](C)(C)C(O)[C@@H](CC(=O)O)OP(=O)(O)OCCCCCCCCOc1ccccc1N. The van der Waals surface area contributed by atoms with Crippen LogP contribution >= 0.6 is 7.82 Å². The summed E-state index contributed by atoms with van der Waals surface area (Å²) in [5.74, 6) is -0.556. The monoisotopic (exact) mass is 477 g/mol. The van der Waals surface area contributed by atoms with E-state index in [1.165, 1.54) is 0 Å². The van der Waals surface area contributed by atoms with E-state index in [9.17, 15) is 19.4 Å². The molecule has 0 spiro atoms. The molecule has 0 bridgehead atoms. The van der Waals surface area contributed by atoms with Gasteiger partial charge in [0.05, 0.1) is 46.5 Å². The number of carboxylic acid groups (broad SMARTS) is 1. The number of hydrogen-bond donors (Lipinski definition) is 4. The van der Waals surface area contributed by atoms with E-state index in [4.69, 9.17) is 24.6 Å². The first-order valence-electron chi connectivity index (χ1n) is 10.8. The number of likely N-dealkylation sites (N-methyl/N-ethyl adjacent to an activating group) is 1. The van der Waals surface area contributed by atoms with Gasteiger partial charge < -0.3 is 30.1 Å². The van der Waals surface area contributed by atoms with Gasteiger partial charge in [-0.1, -0.05) is 37.8 Å². The molecule has 2 unspecified atom stereocenters. The number of anilines is 1. The lowest BCUT2D eigenvalue weighted by molar-refractivity contribution is -0.922. The van der Waals surface area contributed by atoms with Crippen LogP contribution in [-0.4, -0.2) is 72.2 Å². The average molecular weight is 478 g/mol. The van der Waals surface area contributed by atoms with Crippen LogP contribution in [0.5, 0.6) is 5.75 Å². The third-order valence-corrected chi connectivity index (χ3v) is 5.79. The van der Waals surface area contributed by atoms with Gasteiger partial charge in [0.2, 0.25) is 6.23 Å². The lowest BCUT2D eigenvalue weighted by Gasteiger charge is -2.34. The number of nitrogens with zero attached hydrogens (tertiary/aromatic N) is 1. The van der Waals surface area contributed by atoms with Crippen LogP contribution in [0.25, 0.3) is 0 Å². The number of carboxylic acids is 1. The quantitative estimate of drug-likeness (QED) is 0.0873. The van der Waals surface area contributed by atoms with Crippen molar-refractivity contribution in [2.75, 3.05) is 40.1 Å². The van der Waals surface area contributed by atoms with E-state index in [1.54, 1.807) is 27.2 Å². The maximum Gasteiger partial charge on any atom is 0.472 e. The highest BCUT2D eigenvalue weighted by Crippen LogP contribution is 2.46. The number of benzene rings is 1. The molecule has 0 saturated heterocycles. The number of rotatable bonds is 17. The van der Waals surface area contributed by atoms with E-state index < -0.39 is 32.5 Å². The van der Waals surface area contributed by atoms with E-state index in [1.807, 2.05) is 18.2 Å². The highest BCUT2D eigenvalue weighted by atomic mass is 31.2. The summed E-state index contributed by atoms with van der Waals surface area (Å²) in [7, 11) is 0.369. The second-order valence-electron chi connectivity index (χ2n) is 8.58. The molecule has 0 radical (unpaired) electrons. The van der Waals surface area contributed by atoms with E-state index in [2.05, 4.69) is 0 Å². The van der Waals surface area contributed by atoms with Gasteiger partial charge in [0, 0.05) is 0 Å². The molecular formula is C21H38N2O8P+. The van der Waals surface area contributed by atoms with E-state index in [-0.39, 0.29) is 11.1 Å². The van der Waals surface area contributed by atoms with Crippen molar-refractivity contribution in [1.82, 2.24) is 0 Å². The summed E-state index contributed by atoms with van der Waals surface area (Å²) in [4.78, 5) is 20.9. The molecule has 0 aromatic heterocycles. The zero-order valence-electron chi connectivity index (χ0n) is 19.2. The first-order valence-corrected chi connectivity index (χ1v) is 12.3. The molecule has 32 heavy (non-hydrogen) atoms. The van der Waals surface area contributed by atoms with Crippen molar-refractivity contribution >= 4 is 19.5 Å². The number of ether oxygens (including phenoxy) is 1. The van der Waals surface area contributed by atoms with Crippen LogP contribution in [0.15, 0.2) is 24.3 Å². The zero-order chi connectivity index (χ0) is 24.2. The molecule has 0 aliphatic heterocycles. The van der Waals surface area contributed by atoms with Crippen LogP contribution in [0.1, 0.15) is 44.9 Å². The maximum atomic E-state index is 12.2. The number of nitrogens with two attached hydrogens (primary N) is 1. The second-order valence-corrected chi connectivity index (χ2v) is 9.99. The maximum absolute atomic E-state index is 12.2. The van der Waals surface area contributed by atoms with Crippen molar-refractivity contribution in [3.05, 3.63) is 24.3 Å². The third kappa shape index (κ3) is 11.8. The number of nitrogen functional groups attached to an aromatic ring is 1. The summed E-state index contributed by atoms with van der Waals surface area (Å²) >= 11 is 0. The molecule has 3 atom stereocenters. The van der Waals surface area contributed by atoms with Gasteiger partial charge in [-0.3, -0.25) is 13.8 Å². The fourth-order valence-corrected chi connectivity index (χ4v) is 3.90. The van der Waals surface area contributed by atoms with Crippen molar-refractivity contribution in [2.24, 2.45) is 0 Å². The Hall–Kier alpha value is -1.68. The van der Waals surface area contributed by atoms with Crippen LogP contribution in [0.2, 0.25) is 0 Å². The Morgan fingerprint density at radius 2 is 1.62 bits per heavy atom. The summed E-state index contributed by atoms with van der Waals surface area (Å²) in [5, 5.41) is 19.2.